The monoisotopic (exact) mass is 243 g/mol. The molecule has 2 aromatic rings. The standard InChI is InChI=1S/C14H13NOS/c16-9-11-4-5-14(17-11)13-3-1-2-10-8-15-7-6-12(10)13/h1-5,9,15H,6-8H2. The molecule has 1 aliphatic heterocycles. The van der Waals surface area contributed by atoms with Crippen molar-refractivity contribution in [3.8, 4) is 10.4 Å². The Morgan fingerprint density at radius 3 is 3.00 bits per heavy atom. The maximum atomic E-state index is 10.7. The van der Waals surface area contributed by atoms with Crippen LogP contribution in [-0.4, -0.2) is 12.8 Å². The van der Waals surface area contributed by atoms with E-state index in [4.69, 9.17) is 0 Å². The van der Waals surface area contributed by atoms with Crippen molar-refractivity contribution in [2.45, 2.75) is 13.0 Å². The molecule has 17 heavy (non-hydrogen) atoms. The molecular weight excluding hydrogens is 230 g/mol. The summed E-state index contributed by atoms with van der Waals surface area (Å²) in [6.45, 7) is 1.99. The number of fused-ring (bicyclic) bond motifs is 1. The van der Waals surface area contributed by atoms with E-state index in [9.17, 15) is 4.79 Å². The number of hydrogen-bond acceptors (Lipinski definition) is 3. The van der Waals surface area contributed by atoms with Crippen molar-refractivity contribution in [3.63, 3.8) is 0 Å². The number of carbonyl (C=O) groups excluding carboxylic acids is 1. The predicted molar refractivity (Wildman–Crippen MR) is 70.6 cm³/mol. The van der Waals surface area contributed by atoms with Gasteiger partial charge in [-0.25, -0.2) is 0 Å². The topological polar surface area (TPSA) is 29.1 Å². The zero-order chi connectivity index (χ0) is 11.7. The summed E-state index contributed by atoms with van der Waals surface area (Å²) >= 11 is 1.57. The first-order valence-electron chi connectivity index (χ1n) is 5.75. The van der Waals surface area contributed by atoms with Crippen LogP contribution >= 0.6 is 11.3 Å². The number of carbonyl (C=O) groups is 1. The van der Waals surface area contributed by atoms with Crippen molar-refractivity contribution in [1.82, 2.24) is 5.32 Å². The van der Waals surface area contributed by atoms with Gasteiger partial charge in [0.05, 0.1) is 4.88 Å². The van der Waals surface area contributed by atoms with Gasteiger partial charge in [0.1, 0.15) is 0 Å². The molecule has 0 saturated heterocycles. The van der Waals surface area contributed by atoms with Gasteiger partial charge in [-0.05, 0) is 41.8 Å². The summed E-state index contributed by atoms with van der Waals surface area (Å²) in [6, 6.07) is 10.4. The van der Waals surface area contributed by atoms with Gasteiger partial charge in [0.25, 0.3) is 0 Å². The van der Waals surface area contributed by atoms with Crippen molar-refractivity contribution in [2.24, 2.45) is 0 Å². The van der Waals surface area contributed by atoms with Crippen LogP contribution in [0.15, 0.2) is 30.3 Å². The Morgan fingerprint density at radius 2 is 2.18 bits per heavy atom. The summed E-state index contributed by atoms with van der Waals surface area (Å²) in [7, 11) is 0. The second-order valence-corrected chi connectivity index (χ2v) is 5.31. The van der Waals surface area contributed by atoms with Gasteiger partial charge in [0, 0.05) is 11.4 Å². The Labute approximate surface area is 104 Å². The first-order chi connectivity index (χ1) is 8.38. The minimum atomic E-state index is 0.798. The summed E-state index contributed by atoms with van der Waals surface area (Å²) in [5.41, 5.74) is 4.11. The maximum Gasteiger partial charge on any atom is 0.160 e. The molecule has 0 bridgehead atoms. The zero-order valence-corrected chi connectivity index (χ0v) is 10.2. The predicted octanol–water partition coefficient (Wildman–Crippen LogP) is 2.87. The Balaban J connectivity index is 2.10. The highest BCUT2D eigenvalue weighted by molar-refractivity contribution is 7.17. The van der Waals surface area contributed by atoms with E-state index < -0.39 is 0 Å². The van der Waals surface area contributed by atoms with Gasteiger partial charge in [-0.3, -0.25) is 4.79 Å². The molecule has 0 spiro atoms. The molecular formula is C14H13NOS. The Morgan fingerprint density at radius 1 is 1.24 bits per heavy atom. The lowest BCUT2D eigenvalue weighted by molar-refractivity contribution is 0.112. The molecule has 0 unspecified atom stereocenters. The van der Waals surface area contributed by atoms with Gasteiger partial charge in [0.2, 0.25) is 0 Å². The molecule has 1 aromatic heterocycles. The zero-order valence-electron chi connectivity index (χ0n) is 9.40. The molecule has 3 rings (SSSR count). The van der Waals surface area contributed by atoms with Crippen LogP contribution in [0, 0.1) is 0 Å². The molecule has 0 saturated carbocycles. The second-order valence-electron chi connectivity index (χ2n) is 4.19. The van der Waals surface area contributed by atoms with Gasteiger partial charge in [-0.15, -0.1) is 11.3 Å². The van der Waals surface area contributed by atoms with Crippen LogP contribution in [0.5, 0.6) is 0 Å². The van der Waals surface area contributed by atoms with E-state index in [1.54, 1.807) is 11.3 Å². The number of nitrogens with one attached hydrogen (secondary N) is 1. The molecule has 2 heterocycles. The average molecular weight is 243 g/mol. The average Bonchev–Trinajstić information content (AvgIpc) is 2.87. The Hall–Kier alpha value is -1.45. The van der Waals surface area contributed by atoms with Crippen LogP contribution in [0.2, 0.25) is 0 Å². The van der Waals surface area contributed by atoms with Crippen LogP contribution in [0.4, 0.5) is 0 Å². The van der Waals surface area contributed by atoms with E-state index in [0.717, 1.165) is 30.7 Å². The summed E-state index contributed by atoms with van der Waals surface area (Å²) in [5.74, 6) is 0. The van der Waals surface area contributed by atoms with Crippen molar-refractivity contribution >= 4 is 17.6 Å². The van der Waals surface area contributed by atoms with Gasteiger partial charge >= 0.3 is 0 Å². The van der Waals surface area contributed by atoms with Crippen molar-refractivity contribution in [1.29, 1.82) is 0 Å². The first kappa shape index (κ1) is 10.7. The molecule has 1 aliphatic rings. The third kappa shape index (κ3) is 1.92. The third-order valence-electron chi connectivity index (χ3n) is 3.15. The Bertz CT molecular complexity index is 559. The van der Waals surface area contributed by atoms with Crippen molar-refractivity contribution < 1.29 is 4.79 Å². The van der Waals surface area contributed by atoms with Crippen LogP contribution < -0.4 is 5.32 Å². The first-order valence-corrected chi connectivity index (χ1v) is 6.57. The lowest BCUT2D eigenvalue weighted by Gasteiger charge is -2.19. The molecule has 1 N–H and O–H groups in total. The largest absolute Gasteiger partial charge is 0.312 e. The summed E-state index contributed by atoms with van der Waals surface area (Å²) in [6.07, 6.45) is 1.99. The maximum absolute atomic E-state index is 10.7. The molecule has 0 fully saturated rings. The third-order valence-corrected chi connectivity index (χ3v) is 4.19. The van der Waals surface area contributed by atoms with Gasteiger partial charge in [-0.2, -0.15) is 0 Å². The number of hydrogen-bond donors (Lipinski definition) is 1. The minimum Gasteiger partial charge on any atom is -0.312 e. The van der Waals surface area contributed by atoms with E-state index in [-0.39, 0.29) is 0 Å². The molecule has 0 amide bonds. The molecule has 2 nitrogen and oxygen atoms in total. The SMILES string of the molecule is O=Cc1ccc(-c2cccc3c2CCNC3)s1. The smallest absolute Gasteiger partial charge is 0.160 e. The summed E-state index contributed by atoms with van der Waals surface area (Å²) < 4.78 is 0. The molecule has 1 aromatic carbocycles. The number of aldehydes is 1. The van der Waals surface area contributed by atoms with Crippen LogP contribution in [0.1, 0.15) is 20.8 Å². The van der Waals surface area contributed by atoms with E-state index in [1.807, 2.05) is 12.1 Å². The lowest BCUT2D eigenvalue weighted by Crippen LogP contribution is -2.23. The highest BCUT2D eigenvalue weighted by Gasteiger charge is 2.14. The lowest BCUT2D eigenvalue weighted by atomic mass is 9.95. The summed E-state index contributed by atoms with van der Waals surface area (Å²) in [5, 5.41) is 3.38. The summed E-state index contributed by atoms with van der Waals surface area (Å²) in [4.78, 5) is 12.7. The fourth-order valence-electron chi connectivity index (χ4n) is 2.32. The molecule has 86 valence electrons. The normalized spacial score (nSPS) is 14.4. The Kier molecular flexibility index (Phi) is 2.79. The van der Waals surface area contributed by atoms with Crippen LogP contribution in [-0.2, 0) is 13.0 Å². The molecule has 0 aliphatic carbocycles. The number of benzene rings is 1. The van der Waals surface area contributed by atoms with E-state index in [2.05, 4.69) is 23.5 Å². The number of thiophene rings is 1. The van der Waals surface area contributed by atoms with Crippen molar-refractivity contribution in [2.75, 3.05) is 6.54 Å². The highest BCUT2D eigenvalue weighted by Crippen LogP contribution is 2.32. The molecule has 0 radical (unpaired) electrons. The van der Waals surface area contributed by atoms with Crippen molar-refractivity contribution in [3.05, 3.63) is 46.3 Å². The molecule has 3 heteroatoms. The van der Waals surface area contributed by atoms with Gasteiger partial charge in [0.15, 0.2) is 6.29 Å². The molecule has 0 atom stereocenters. The van der Waals surface area contributed by atoms with E-state index >= 15 is 0 Å². The van der Waals surface area contributed by atoms with Crippen LogP contribution in [0.3, 0.4) is 0 Å². The second kappa shape index (κ2) is 4.43. The van der Waals surface area contributed by atoms with E-state index in [0.29, 0.717) is 0 Å². The van der Waals surface area contributed by atoms with E-state index in [1.165, 1.54) is 21.6 Å². The quantitative estimate of drug-likeness (QED) is 0.822. The fraction of sp³-hybridized carbons (Fsp3) is 0.214. The minimum absolute atomic E-state index is 0.798. The number of rotatable bonds is 2. The fourth-order valence-corrected chi connectivity index (χ4v) is 3.20. The van der Waals surface area contributed by atoms with Gasteiger partial charge < -0.3 is 5.32 Å². The highest BCUT2D eigenvalue weighted by atomic mass is 32.1. The van der Waals surface area contributed by atoms with Crippen LogP contribution in [0.25, 0.3) is 10.4 Å². The van der Waals surface area contributed by atoms with Gasteiger partial charge in [-0.1, -0.05) is 18.2 Å².